The highest BCUT2D eigenvalue weighted by Crippen LogP contribution is 2.16. The van der Waals surface area contributed by atoms with Crippen molar-refractivity contribution in [2.24, 2.45) is 0 Å². The van der Waals surface area contributed by atoms with Gasteiger partial charge in [-0.25, -0.2) is 9.78 Å². The van der Waals surface area contributed by atoms with Crippen molar-refractivity contribution in [3.8, 4) is 0 Å². The third-order valence-corrected chi connectivity index (χ3v) is 2.47. The molecule has 0 aromatic carbocycles. The number of hydrogen-bond donors (Lipinski definition) is 5. The van der Waals surface area contributed by atoms with E-state index in [1.165, 1.54) is 12.3 Å². The van der Waals surface area contributed by atoms with E-state index in [2.05, 4.69) is 15.3 Å². The molecule has 8 heteroatoms. The molecule has 2 rings (SSSR count). The maximum Gasteiger partial charge on any atom is 0.346 e. The second kappa shape index (κ2) is 4.80. The molecule has 1 aliphatic rings. The average molecular weight is 243 g/mol. The minimum absolute atomic E-state index is 0.106. The number of nitrogens with one attached hydrogen (secondary N) is 2. The van der Waals surface area contributed by atoms with Crippen molar-refractivity contribution in [2.75, 3.05) is 11.9 Å². The number of nitrogens with zero attached hydrogens (tertiary/aromatic N) is 1. The van der Waals surface area contributed by atoms with Gasteiger partial charge in [-0.2, -0.15) is 0 Å². The van der Waals surface area contributed by atoms with E-state index in [0.29, 0.717) is 5.82 Å². The van der Waals surface area contributed by atoms with Gasteiger partial charge in [0.05, 0.1) is 6.61 Å². The van der Waals surface area contributed by atoms with Gasteiger partial charge in [0.1, 0.15) is 24.1 Å². The molecule has 2 heterocycles. The van der Waals surface area contributed by atoms with Crippen LogP contribution in [0.4, 0.5) is 5.82 Å². The number of H-pyrrole nitrogens is 1. The average Bonchev–Trinajstić information content (AvgIpc) is 2.30. The van der Waals surface area contributed by atoms with E-state index in [4.69, 9.17) is 4.74 Å². The molecule has 0 saturated carbocycles. The van der Waals surface area contributed by atoms with Crippen LogP contribution < -0.4 is 11.0 Å². The van der Waals surface area contributed by atoms with Crippen molar-refractivity contribution in [3.05, 3.63) is 22.7 Å². The molecular formula is C9H13N3O5. The van der Waals surface area contributed by atoms with E-state index >= 15 is 0 Å². The highest BCUT2D eigenvalue weighted by molar-refractivity contribution is 5.32. The summed E-state index contributed by atoms with van der Waals surface area (Å²) in [6.07, 6.45) is -3.34. The number of aliphatic hydroxyl groups is 3. The molecule has 0 spiro atoms. The Morgan fingerprint density at radius 3 is 2.88 bits per heavy atom. The van der Waals surface area contributed by atoms with Crippen LogP contribution in [-0.2, 0) is 4.74 Å². The van der Waals surface area contributed by atoms with E-state index in [1.807, 2.05) is 0 Å². The zero-order valence-electron chi connectivity index (χ0n) is 8.78. The number of ether oxygens (including phenoxy) is 1. The second-order valence-corrected chi connectivity index (χ2v) is 3.74. The Morgan fingerprint density at radius 1 is 1.41 bits per heavy atom. The summed E-state index contributed by atoms with van der Waals surface area (Å²) in [6.45, 7) is -0.106. The third-order valence-electron chi connectivity index (χ3n) is 2.47. The van der Waals surface area contributed by atoms with Crippen LogP contribution in [-0.4, -0.2) is 56.4 Å². The van der Waals surface area contributed by atoms with E-state index in [9.17, 15) is 20.1 Å². The van der Waals surface area contributed by atoms with Gasteiger partial charge in [0, 0.05) is 6.20 Å². The van der Waals surface area contributed by atoms with Gasteiger partial charge in [0.25, 0.3) is 0 Å². The number of aliphatic hydroxyl groups excluding tert-OH is 3. The normalized spacial score (nSPS) is 33.4. The smallest absolute Gasteiger partial charge is 0.346 e. The largest absolute Gasteiger partial charge is 0.388 e. The Hall–Kier alpha value is -1.48. The maximum atomic E-state index is 10.9. The van der Waals surface area contributed by atoms with Crippen LogP contribution in [0, 0.1) is 0 Å². The highest BCUT2D eigenvalue weighted by Gasteiger charge is 2.37. The highest BCUT2D eigenvalue weighted by atomic mass is 16.5. The molecular weight excluding hydrogens is 230 g/mol. The van der Waals surface area contributed by atoms with Crippen molar-refractivity contribution in [3.63, 3.8) is 0 Å². The molecule has 0 unspecified atom stereocenters. The fourth-order valence-corrected chi connectivity index (χ4v) is 1.54. The van der Waals surface area contributed by atoms with Crippen molar-refractivity contribution in [1.29, 1.82) is 0 Å². The lowest BCUT2D eigenvalue weighted by Gasteiger charge is -2.35. The summed E-state index contributed by atoms with van der Waals surface area (Å²) >= 11 is 0. The molecule has 4 atom stereocenters. The molecule has 1 fully saturated rings. The van der Waals surface area contributed by atoms with Crippen LogP contribution in [0.2, 0.25) is 0 Å². The van der Waals surface area contributed by atoms with E-state index in [-0.39, 0.29) is 6.61 Å². The topological polar surface area (TPSA) is 128 Å². The van der Waals surface area contributed by atoms with Gasteiger partial charge in [-0.1, -0.05) is 0 Å². The van der Waals surface area contributed by atoms with E-state index < -0.39 is 30.2 Å². The predicted molar refractivity (Wildman–Crippen MR) is 56.2 cm³/mol. The fraction of sp³-hybridized carbons (Fsp3) is 0.556. The Morgan fingerprint density at radius 2 is 2.18 bits per heavy atom. The van der Waals surface area contributed by atoms with Gasteiger partial charge in [0.2, 0.25) is 0 Å². The lowest BCUT2D eigenvalue weighted by molar-refractivity contribution is -0.178. The molecule has 8 nitrogen and oxygen atoms in total. The van der Waals surface area contributed by atoms with Crippen LogP contribution in [0.25, 0.3) is 0 Å². The summed E-state index contributed by atoms with van der Waals surface area (Å²) in [5.41, 5.74) is -0.541. The molecule has 5 N–H and O–H groups in total. The second-order valence-electron chi connectivity index (χ2n) is 3.74. The summed E-state index contributed by atoms with van der Waals surface area (Å²) < 4.78 is 5.10. The number of aromatic amines is 1. The zero-order chi connectivity index (χ0) is 12.4. The van der Waals surface area contributed by atoms with E-state index in [1.54, 1.807) is 0 Å². The van der Waals surface area contributed by atoms with Crippen molar-refractivity contribution in [1.82, 2.24) is 9.97 Å². The Bertz CT molecular complexity index is 437. The first-order valence-electron chi connectivity index (χ1n) is 5.05. The molecule has 1 aromatic rings. The quantitative estimate of drug-likeness (QED) is 0.392. The number of hydrogen-bond acceptors (Lipinski definition) is 7. The first-order chi connectivity index (χ1) is 8.08. The number of aromatic nitrogens is 2. The van der Waals surface area contributed by atoms with Gasteiger partial charge < -0.3 is 25.4 Å². The molecule has 0 amide bonds. The van der Waals surface area contributed by atoms with Crippen LogP contribution in [0.3, 0.4) is 0 Å². The Balaban J connectivity index is 2.06. The van der Waals surface area contributed by atoms with Crippen molar-refractivity contribution < 1.29 is 20.1 Å². The van der Waals surface area contributed by atoms with Gasteiger partial charge >= 0.3 is 5.69 Å². The lowest BCUT2D eigenvalue weighted by atomic mass is 10.0. The molecule has 17 heavy (non-hydrogen) atoms. The number of rotatable bonds is 2. The number of anilines is 1. The lowest BCUT2D eigenvalue weighted by Crippen LogP contribution is -2.55. The van der Waals surface area contributed by atoms with Crippen LogP contribution >= 0.6 is 0 Å². The first kappa shape index (κ1) is 12.0. The van der Waals surface area contributed by atoms with Crippen LogP contribution in [0.5, 0.6) is 0 Å². The molecule has 1 aromatic heterocycles. The minimum Gasteiger partial charge on any atom is -0.388 e. The standard InChI is InChI=1S/C9H13N3O5/c13-4-3-17-8(7(15)6(4)14)11-5-1-2-10-9(16)12-5/h1-2,4,6-8,13-15H,3H2,(H2,10,11,12,16)/t4-,6+,7-,8-/m1/s1. The van der Waals surface area contributed by atoms with Crippen LogP contribution in [0.1, 0.15) is 0 Å². The molecule has 1 aliphatic heterocycles. The van der Waals surface area contributed by atoms with Gasteiger partial charge in [-0.05, 0) is 6.07 Å². The minimum atomic E-state index is -1.30. The summed E-state index contributed by atoms with van der Waals surface area (Å²) in [5, 5.41) is 31.0. The fourth-order valence-electron chi connectivity index (χ4n) is 1.54. The first-order valence-corrected chi connectivity index (χ1v) is 5.05. The molecule has 94 valence electrons. The summed E-state index contributed by atoms with van der Waals surface area (Å²) in [4.78, 5) is 16.8. The molecule has 0 bridgehead atoms. The maximum absolute atomic E-state index is 10.9. The van der Waals surface area contributed by atoms with Gasteiger partial charge in [-0.15, -0.1) is 0 Å². The summed E-state index contributed by atoms with van der Waals surface area (Å²) in [7, 11) is 0. The predicted octanol–water partition coefficient (Wildman–Crippen LogP) is -2.38. The van der Waals surface area contributed by atoms with Gasteiger partial charge in [-0.3, -0.25) is 4.98 Å². The van der Waals surface area contributed by atoms with Gasteiger partial charge in [0.15, 0.2) is 6.23 Å². The van der Waals surface area contributed by atoms with Crippen molar-refractivity contribution in [2.45, 2.75) is 24.5 Å². The Kier molecular flexibility index (Phi) is 3.38. The molecule has 1 saturated heterocycles. The van der Waals surface area contributed by atoms with Crippen LogP contribution in [0.15, 0.2) is 17.1 Å². The summed E-state index contributed by atoms with van der Waals surface area (Å²) in [5.74, 6) is 0.303. The summed E-state index contributed by atoms with van der Waals surface area (Å²) in [6, 6.07) is 1.48. The zero-order valence-corrected chi connectivity index (χ0v) is 8.78. The third kappa shape index (κ3) is 2.61. The molecule has 0 radical (unpaired) electrons. The monoisotopic (exact) mass is 243 g/mol. The van der Waals surface area contributed by atoms with E-state index in [0.717, 1.165) is 0 Å². The Labute approximate surface area is 95.9 Å². The van der Waals surface area contributed by atoms with Crippen molar-refractivity contribution >= 4 is 5.82 Å². The molecule has 0 aliphatic carbocycles. The SMILES string of the molecule is O=c1nccc(N[C@@H]2OC[C@@H](O)[C@H](O)[C@H]2O)[nH]1.